The molecule has 0 aliphatic rings. The fourth-order valence-electron chi connectivity index (χ4n) is 2.15. The minimum Gasteiger partial charge on any atom is -0.284 e. The van der Waals surface area contributed by atoms with Gasteiger partial charge in [0.05, 0.1) is 20.8 Å². The van der Waals surface area contributed by atoms with Crippen molar-refractivity contribution < 1.29 is 9.18 Å². The Kier molecular flexibility index (Phi) is 4.09. The van der Waals surface area contributed by atoms with Crippen molar-refractivity contribution in [3.05, 3.63) is 58.9 Å². The molecule has 1 amide bonds. The first kappa shape index (κ1) is 14.9. The molecule has 0 unspecified atom stereocenters. The molecule has 0 N–H and O–H groups in total. The van der Waals surface area contributed by atoms with Crippen LogP contribution in [0.5, 0.6) is 0 Å². The summed E-state index contributed by atoms with van der Waals surface area (Å²) < 4.78 is 14.1. The molecule has 0 spiro atoms. The summed E-state index contributed by atoms with van der Waals surface area (Å²) in [5.74, 6) is -0.754. The van der Waals surface area contributed by atoms with Gasteiger partial charge in [0.2, 0.25) is 0 Å². The number of hydrogen-bond donors (Lipinski definition) is 0. The lowest BCUT2D eigenvalue weighted by atomic mass is 10.2. The first-order chi connectivity index (χ1) is 10.6. The highest BCUT2D eigenvalue weighted by Gasteiger charge is 2.21. The Morgan fingerprint density at radius 2 is 2.09 bits per heavy atom. The molecule has 0 fully saturated rings. The summed E-state index contributed by atoms with van der Waals surface area (Å²) in [6.07, 6.45) is 0. The molecule has 1 aromatic heterocycles. The van der Waals surface area contributed by atoms with Crippen molar-refractivity contribution in [3.63, 3.8) is 0 Å². The Hall–Kier alpha value is -1.98. The number of carbonyl (C=O) groups excluding carboxylic acids is 1. The van der Waals surface area contributed by atoms with Crippen LogP contribution in [-0.2, 0) is 0 Å². The van der Waals surface area contributed by atoms with Gasteiger partial charge in [-0.3, -0.25) is 9.69 Å². The van der Waals surface area contributed by atoms with Crippen molar-refractivity contribution >= 4 is 44.2 Å². The van der Waals surface area contributed by atoms with E-state index in [2.05, 4.69) is 4.98 Å². The van der Waals surface area contributed by atoms with Crippen molar-refractivity contribution in [2.45, 2.75) is 6.92 Å². The number of carbonyl (C=O) groups is 1. The zero-order valence-corrected chi connectivity index (χ0v) is 13.3. The highest BCUT2D eigenvalue weighted by Crippen LogP contribution is 2.30. The summed E-state index contributed by atoms with van der Waals surface area (Å²) in [6.45, 7) is 2.31. The van der Waals surface area contributed by atoms with Gasteiger partial charge in [0.25, 0.3) is 5.91 Å². The predicted octanol–water partition coefficient (Wildman–Crippen LogP) is 4.76. The van der Waals surface area contributed by atoms with E-state index in [0.29, 0.717) is 11.7 Å². The number of halogens is 2. The molecule has 0 atom stereocenters. The van der Waals surface area contributed by atoms with Gasteiger partial charge in [-0.1, -0.05) is 35.1 Å². The van der Waals surface area contributed by atoms with Crippen LogP contribution in [0.15, 0.2) is 42.5 Å². The number of benzene rings is 2. The number of thiazole rings is 1. The number of rotatable bonds is 3. The van der Waals surface area contributed by atoms with E-state index in [9.17, 15) is 9.18 Å². The molecule has 3 nitrogen and oxygen atoms in total. The largest absolute Gasteiger partial charge is 0.284 e. The fraction of sp³-hybridized carbons (Fsp3) is 0.125. The molecular weight excluding hydrogens is 323 g/mol. The third-order valence-electron chi connectivity index (χ3n) is 3.24. The standard InChI is InChI=1S/C16H12ClFN2OS/c1-2-20(15(21)11-8-7-10(18)9-12(11)17)16-19-13-5-3-4-6-14(13)22-16/h3-9H,2H2,1H3. The molecule has 1 heterocycles. The van der Waals surface area contributed by atoms with Crippen LogP contribution in [-0.4, -0.2) is 17.4 Å². The molecule has 2 aromatic carbocycles. The van der Waals surface area contributed by atoms with Crippen LogP contribution in [0.2, 0.25) is 5.02 Å². The Labute approximate surface area is 136 Å². The maximum atomic E-state index is 13.1. The Morgan fingerprint density at radius 1 is 1.32 bits per heavy atom. The molecule has 0 aliphatic carbocycles. The van der Waals surface area contributed by atoms with Crippen LogP contribution in [0.25, 0.3) is 10.2 Å². The number of fused-ring (bicyclic) bond motifs is 1. The summed E-state index contributed by atoms with van der Waals surface area (Å²) in [4.78, 5) is 18.7. The van der Waals surface area contributed by atoms with E-state index in [-0.39, 0.29) is 16.5 Å². The van der Waals surface area contributed by atoms with E-state index in [1.807, 2.05) is 31.2 Å². The van der Waals surface area contributed by atoms with Gasteiger partial charge >= 0.3 is 0 Å². The van der Waals surface area contributed by atoms with Gasteiger partial charge in [0.1, 0.15) is 5.82 Å². The normalized spacial score (nSPS) is 10.9. The summed E-state index contributed by atoms with van der Waals surface area (Å²) in [6, 6.07) is 11.5. The fourth-order valence-corrected chi connectivity index (χ4v) is 3.43. The molecule has 0 saturated carbocycles. The Balaban J connectivity index is 2.01. The minimum absolute atomic E-state index is 0.101. The number of anilines is 1. The highest BCUT2D eigenvalue weighted by atomic mass is 35.5. The summed E-state index contributed by atoms with van der Waals surface area (Å²) >= 11 is 7.43. The maximum Gasteiger partial charge on any atom is 0.261 e. The second-order valence-electron chi connectivity index (χ2n) is 4.64. The number of aromatic nitrogens is 1. The van der Waals surface area contributed by atoms with E-state index >= 15 is 0 Å². The van der Waals surface area contributed by atoms with Gasteiger partial charge < -0.3 is 0 Å². The summed E-state index contributed by atoms with van der Waals surface area (Å²) in [5, 5.41) is 0.707. The maximum absolute atomic E-state index is 13.1. The molecule has 112 valence electrons. The van der Waals surface area contributed by atoms with E-state index in [4.69, 9.17) is 11.6 Å². The van der Waals surface area contributed by atoms with E-state index in [0.717, 1.165) is 16.3 Å². The molecule has 0 bridgehead atoms. The average molecular weight is 335 g/mol. The minimum atomic E-state index is -0.468. The highest BCUT2D eigenvalue weighted by molar-refractivity contribution is 7.22. The van der Waals surface area contributed by atoms with Crippen molar-refractivity contribution in [3.8, 4) is 0 Å². The smallest absolute Gasteiger partial charge is 0.261 e. The second-order valence-corrected chi connectivity index (χ2v) is 6.05. The van der Waals surface area contributed by atoms with Crippen molar-refractivity contribution in [1.82, 2.24) is 4.98 Å². The number of para-hydroxylation sites is 1. The average Bonchev–Trinajstić information content (AvgIpc) is 2.91. The third kappa shape index (κ3) is 2.69. The van der Waals surface area contributed by atoms with Crippen molar-refractivity contribution in [2.24, 2.45) is 0 Å². The van der Waals surface area contributed by atoms with Crippen LogP contribution in [0.4, 0.5) is 9.52 Å². The van der Waals surface area contributed by atoms with Crippen molar-refractivity contribution in [2.75, 3.05) is 11.4 Å². The molecular formula is C16H12ClFN2OS. The van der Waals surface area contributed by atoms with E-state index in [1.165, 1.54) is 23.5 Å². The number of nitrogens with zero attached hydrogens (tertiary/aromatic N) is 2. The van der Waals surface area contributed by atoms with Crippen LogP contribution < -0.4 is 4.90 Å². The van der Waals surface area contributed by atoms with Gasteiger partial charge in [-0.25, -0.2) is 9.37 Å². The zero-order chi connectivity index (χ0) is 15.7. The second kappa shape index (κ2) is 6.02. The molecule has 3 aromatic rings. The van der Waals surface area contributed by atoms with Gasteiger partial charge in [-0.15, -0.1) is 0 Å². The summed E-state index contributed by atoms with van der Waals surface area (Å²) in [5.41, 5.74) is 1.11. The Bertz CT molecular complexity index is 816. The van der Waals surface area contributed by atoms with E-state index in [1.54, 1.807) is 4.90 Å². The monoisotopic (exact) mass is 334 g/mol. The van der Waals surface area contributed by atoms with Crippen LogP contribution >= 0.6 is 22.9 Å². The van der Waals surface area contributed by atoms with Crippen molar-refractivity contribution in [1.29, 1.82) is 0 Å². The SMILES string of the molecule is CCN(C(=O)c1ccc(F)cc1Cl)c1nc2ccccc2s1. The van der Waals surface area contributed by atoms with Crippen LogP contribution in [0, 0.1) is 5.82 Å². The Morgan fingerprint density at radius 3 is 2.77 bits per heavy atom. The molecule has 3 rings (SSSR count). The van der Waals surface area contributed by atoms with Gasteiger partial charge in [0.15, 0.2) is 5.13 Å². The quantitative estimate of drug-likeness (QED) is 0.692. The number of amides is 1. The zero-order valence-electron chi connectivity index (χ0n) is 11.7. The lowest BCUT2D eigenvalue weighted by molar-refractivity contribution is 0.0988. The molecule has 0 radical (unpaired) electrons. The molecule has 6 heteroatoms. The van der Waals surface area contributed by atoms with Crippen LogP contribution in [0.3, 0.4) is 0 Å². The molecule has 22 heavy (non-hydrogen) atoms. The topological polar surface area (TPSA) is 33.2 Å². The third-order valence-corrected chi connectivity index (χ3v) is 4.61. The summed E-state index contributed by atoms with van der Waals surface area (Å²) in [7, 11) is 0. The lowest BCUT2D eigenvalue weighted by Gasteiger charge is -2.18. The molecule has 0 aliphatic heterocycles. The van der Waals surface area contributed by atoms with Gasteiger partial charge in [-0.05, 0) is 37.3 Å². The van der Waals surface area contributed by atoms with Crippen LogP contribution in [0.1, 0.15) is 17.3 Å². The lowest BCUT2D eigenvalue weighted by Crippen LogP contribution is -2.30. The van der Waals surface area contributed by atoms with Gasteiger partial charge in [0, 0.05) is 6.54 Å². The van der Waals surface area contributed by atoms with E-state index < -0.39 is 5.82 Å². The van der Waals surface area contributed by atoms with Gasteiger partial charge in [-0.2, -0.15) is 0 Å². The number of hydrogen-bond acceptors (Lipinski definition) is 3. The molecule has 0 saturated heterocycles. The predicted molar refractivity (Wildman–Crippen MR) is 88.4 cm³/mol. The first-order valence-electron chi connectivity index (χ1n) is 6.72. The first-order valence-corrected chi connectivity index (χ1v) is 7.92.